The van der Waals surface area contributed by atoms with Gasteiger partial charge in [0.15, 0.2) is 0 Å². The molecule has 1 aliphatic rings. The van der Waals surface area contributed by atoms with Gasteiger partial charge in [-0.05, 0) is 12.1 Å². The van der Waals surface area contributed by atoms with Crippen molar-refractivity contribution < 1.29 is 18.1 Å². The molecule has 138 valence electrons. The van der Waals surface area contributed by atoms with Crippen molar-refractivity contribution in [3.05, 3.63) is 38.9 Å². The molecule has 0 spiro atoms. The quantitative estimate of drug-likeness (QED) is 0.602. The number of alkyl halides is 3. The first-order valence-corrected chi connectivity index (χ1v) is 7.11. The van der Waals surface area contributed by atoms with Crippen LogP contribution in [-0.4, -0.2) is 42.2 Å². The molecule has 1 aromatic rings. The summed E-state index contributed by atoms with van der Waals surface area (Å²) in [6.45, 7) is 1.88. The molecule has 5 nitrogen and oxygen atoms in total. The fraction of sp³-hybridized carbons (Fsp3) is 0.538. The predicted octanol–water partition coefficient (Wildman–Crippen LogP) is 3.99. The molecule has 1 fully saturated rings. The number of nitrogens with one attached hydrogen (secondary N) is 1. The van der Waals surface area contributed by atoms with Gasteiger partial charge in [0.05, 0.1) is 17.4 Å². The summed E-state index contributed by atoms with van der Waals surface area (Å²) in [5.74, 6) is 0. The standard InChI is InChI=1S/C13H15ClF3N3O2.2ClH/c14-9-1-2-11(20(21)22)10(7-9)12(8-13(15,16)17)19-5-3-18-4-6-19;;/h1-2,7,12,18H,3-6,8H2;2*1H/t12-;;/m1../s1. The molecule has 1 aliphatic heterocycles. The first-order chi connectivity index (χ1) is 10.3. The number of hydrogen-bond acceptors (Lipinski definition) is 4. The molecular weight excluding hydrogens is 394 g/mol. The zero-order valence-electron chi connectivity index (χ0n) is 12.4. The Hall–Kier alpha value is -0.800. The van der Waals surface area contributed by atoms with Crippen LogP contribution in [0.3, 0.4) is 0 Å². The Morgan fingerprint density at radius 2 is 1.88 bits per heavy atom. The van der Waals surface area contributed by atoms with E-state index in [0.717, 1.165) is 6.07 Å². The van der Waals surface area contributed by atoms with E-state index in [9.17, 15) is 23.3 Å². The number of nitro groups is 1. The van der Waals surface area contributed by atoms with Gasteiger partial charge in [0.25, 0.3) is 5.69 Å². The number of benzene rings is 1. The number of halogens is 6. The highest BCUT2D eigenvalue weighted by molar-refractivity contribution is 6.30. The molecular formula is C13H17Cl3F3N3O2. The lowest BCUT2D eigenvalue weighted by Gasteiger charge is -2.35. The van der Waals surface area contributed by atoms with Crippen LogP contribution < -0.4 is 5.32 Å². The van der Waals surface area contributed by atoms with Gasteiger partial charge in [-0.15, -0.1) is 24.8 Å². The van der Waals surface area contributed by atoms with E-state index >= 15 is 0 Å². The monoisotopic (exact) mass is 409 g/mol. The normalized spacial score (nSPS) is 16.7. The Kier molecular flexibility index (Phi) is 9.30. The van der Waals surface area contributed by atoms with Crippen molar-refractivity contribution in [1.82, 2.24) is 10.2 Å². The molecule has 0 unspecified atom stereocenters. The highest BCUT2D eigenvalue weighted by Gasteiger charge is 2.38. The van der Waals surface area contributed by atoms with Gasteiger partial charge in [0.1, 0.15) is 0 Å². The second kappa shape index (κ2) is 9.62. The zero-order valence-corrected chi connectivity index (χ0v) is 14.8. The number of nitrogens with zero attached hydrogens (tertiary/aromatic N) is 2. The van der Waals surface area contributed by atoms with Crippen LogP contribution in [0.1, 0.15) is 18.0 Å². The average molecular weight is 411 g/mol. The second-order valence-corrected chi connectivity index (χ2v) is 5.52. The summed E-state index contributed by atoms with van der Waals surface area (Å²) in [6.07, 6.45) is -5.57. The van der Waals surface area contributed by atoms with Gasteiger partial charge >= 0.3 is 6.18 Å². The van der Waals surface area contributed by atoms with E-state index in [2.05, 4.69) is 5.32 Å². The van der Waals surface area contributed by atoms with E-state index < -0.39 is 23.6 Å². The summed E-state index contributed by atoms with van der Waals surface area (Å²) >= 11 is 5.84. The molecule has 0 saturated carbocycles. The number of piperazine rings is 1. The van der Waals surface area contributed by atoms with Gasteiger partial charge in [-0.1, -0.05) is 11.6 Å². The smallest absolute Gasteiger partial charge is 0.314 e. The summed E-state index contributed by atoms with van der Waals surface area (Å²) in [5, 5.41) is 14.4. The molecule has 0 bridgehead atoms. The fourth-order valence-corrected chi connectivity index (χ4v) is 2.79. The van der Waals surface area contributed by atoms with Crippen molar-refractivity contribution in [3.8, 4) is 0 Å². The summed E-state index contributed by atoms with van der Waals surface area (Å²) in [4.78, 5) is 12.1. The van der Waals surface area contributed by atoms with Crippen molar-refractivity contribution in [1.29, 1.82) is 0 Å². The first-order valence-electron chi connectivity index (χ1n) is 6.73. The van der Waals surface area contributed by atoms with Crippen LogP contribution in [0.2, 0.25) is 5.02 Å². The lowest BCUT2D eigenvalue weighted by molar-refractivity contribution is -0.386. The van der Waals surface area contributed by atoms with Crippen molar-refractivity contribution in [2.24, 2.45) is 0 Å². The van der Waals surface area contributed by atoms with Gasteiger partial charge in [0, 0.05) is 42.8 Å². The third kappa shape index (κ3) is 6.25. The minimum atomic E-state index is -4.42. The third-order valence-corrected chi connectivity index (χ3v) is 3.80. The maximum absolute atomic E-state index is 12.9. The molecule has 1 N–H and O–H groups in total. The molecule has 0 aliphatic carbocycles. The highest BCUT2D eigenvalue weighted by atomic mass is 35.5. The third-order valence-electron chi connectivity index (χ3n) is 3.56. The van der Waals surface area contributed by atoms with Crippen LogP contribution >= 0.6 is 36.4 Å². The maximum Gasteiger partial charge on any atom is 0.390 e. The van der Waals surface area contributed by atoms with Crippen LogP contribution in [0.5, 0.6) is 0 Å². The Balaban J connectivity index is 0.00000264. The highest BCUT2D eigenvalue weighted by Crippen LogP contribution is 2.38. The molecule has 1 aromatic carbocycles. The van der Waals surface area contributed by atoms with E-state index in [-0.39, 0.29) is 41.1 Å². The molecule has 0 aromatic heterocycles. The van der Waals surface area contributed by atoms with E-state index in [4.69, 9.17) is 11.6 Å². The average Bonchev–Trinajstić information content (AvgIpc) is 2.44. The minimum absolute atomic E-state index is 0. The van der Waals surface area contributed by atoms with E-state index in [1.165, 1.54) is 12.1 Å². The van der Waals surface area contributed by atoms with Crippen LogP contribution in [-0.2, 0) is 0 Å². The molecule has 1 heterocycles. The van der Waals surface area contributed by atoms with Crippen LogP contribution in [0.15, 0.2) is 18.2 Å². The summed E-state index contributed by atoms with van der Waals surface area (Å²) in [6, 6.07) is 2.62. The molecule has 2 rings (SSSR count). The Morgan fingerprint density at radius 1 is 1.29 bits per heavy atom. The van der Waals surface area contributed by atoms with Gasteiger partial charge in [0.2, 0.25) is 0 Å². The predicted molar refractivity (Wildman–Crippen MR) is 90.5 cm³/mol. The fourth-order valence-electron chi connectivity index (χ4n) is 2.61. The molecule has 0 radical (unpaired) electrons. The molecule has 1 atom stereocenters. The number of nitro benzene ring substituents is 1. The summed E-state index contributed by atoms with van der Waals surface area (Å²) in [5.41, 5.74) is -0.325. The van der Waals surface area contributed by atoms with Crippen molar-refractivity contribution in [2.75, 3.05) is 26.2 Å². The first kappa shape index (κ1) is 23.2. The lowest BCUT2D eigenvalue weighted by atomic mass is 9.99. The van der Waals surface area contributed by atoms with Gasteiger partial charge in [-0.2, -0.15) is 13.2 Å². The topological polar surface area (TPSA) is 58.4 Å². The van der Waals surface area contributed by atoms with Crippen molar-refractivity contribution in [3.63, 3.8) is 0 Å². The Labute approximate surface area is 154 Å². The molecule has 1 saturated heterocycles. The summed E-state index contributed by atoms with van der Waals surface area (Å²) < 4.78 is 38.8. The largest absolute Gasteiger partial charge is 0.390 e. The maximum atomic E-state index is 12.9. The van der Waals surface area contributed by atoms with Gasteiger partial charge in [-0.3, -0.25) is 15.0 Å². The van der Waals surface area contributed by atoms with Crippen molar-refractivity contribution in [2.45, 2.75) is 18.6 Å². The Bertz CT molecular complexity index is 555. The van der Waals surface area contributed by atoms with Crippen molar-refractivity contribution >= 4 is 42.1 Å². The second-order valence-electron chi connectivity index (χ2n) is 5.08. The molecule has 11 heteroatoms. The lowest BCUT2D eigenvalue weighted by Crippen LogP contribution is -2.46. The molecule has 0 amide bonds. The Morgan fingerprint density at radius 3 is 2.38 bits per heavy atom. The van der Waals surface area contributed by atoms with E-state index in [1.54, 1.807) is 4.90 Å². The molecule has 24 heavy (non-hydrogen) atoms. The van der Waals surface area contributed by atoms with Crippen LogP contribution in [0.25, 0.3) is 0 Å². The van der Waals surface area contributed by atoms with Crippen LogP contribution in [0.4, 0.5) is 18.9 Å². The number of hydrogen-bond donors (Lipinski definition) is 1. The zero-order chi connectivity index (χ0) is 16.3. The summed E-state index contributed by atoms with van der Waals surface area (Å²) in [7, 11) is 0. The SMILES string of the molecule is Cl.Cl.O=[N+]([O-])c1ccc(Cl)cc1[C@@H](CC(F)(F)F)N1CCNCC1. The van der Waals surface area contributed by atoms with E-state index in [0.29, 0.717) is 26.2 Å². The minimum Gasteiger partial charge on any atom is -0.314 e. The van der Waals surface area contributed by atoms with Gasteiger partial charge < -0.3 is 5.32 Å². The van der Waals surface area contributed by atoms with Gasteiger partial charge in [-0.25, -0.2) is 0 Å². The van der Waals surface area contributed by atoms with Crippen LogP contribution in [0, 0.1) is 10.1 Å². The van der Waals surface area contributed by atoms with E-state index in [1.807, 2.05) is 0 Å². The number of rotatable bonds is 4.